The molecular formula is C22H28BrN3O5S. The molecule has 1 N–H and O–H groups in total. The first-order chi connectivity index (χ1) is 15.0. The van der Waals surface area contributed by atoms with Crippen LogP contribution in [0.1, 0.15) is 18.1 Å². The lowest BCUT2D eigenvalue weighted by atomic mass is 10.1. The number of hydrogen-bond acceptors (Lipinski definition) is 5. The number of likely N-dealkylation sites (N-methyl/N-ethyl adjacent to an activating group) is 1. The lowest BCUT2D eigenvalue weighted by Crippen LogP contribution is -2.50. The highest BCUT2D eigenvalue weighted by Gasteiger charge is 2.30. The van der Waals surface area contributed by atoms with Gasteiger partial charge in [-0.25, -0.2) is 8.42 Å². The third-order valence-corrected chi connectivity index (χ3v) is 6.62. The Morgan fingerprint density at radius 1 is 1.16 bits per heavy atom. The van der Waals surface area contributed by atoms with Crippen LogP contribution < -0.4 is 14.4 Å². The normalized spacial score (nSPS) is 12.1. The maximum atomic E-state index is 13.4. The summed E-state index contributed by atoms with van der Waals surface area (Å²) in [7, 11) is -0.905. The van der Waals surface area contributed by atoms with Gasteiger partial charge in [0.25, 0.3) is 0 Å². The fraction of sp³-hybridized carbons (Fsp3) is 0.364. The van der Waals surface area contributed by atoms with Crippen molar-refractivity contribution < 1.29 is 22.7 Å². The summed E-state index contributed by atoms with van der Waals surface area (Å²) in [4.78, 5) is 27.1. The lowest BCUT2D eigenvalue weighted by Gasteiger charge is -2.31. The molecule has 0 bridgehead atoms. The molecule has 0 radical (unpaired) electrons. The molecule has 0 aliphatic heterocycles. The van der Waals surface area contributed by atoms with Gasteiger partial charge in [-0.3, -0.25) is 13.9 Å². The third kappa shape index (κ3) is 6.46. The molecule has 2 aromatic rings. The number of carbonyl (C=O) groups is 2. The van der Waals surface area contributed by atoms with E-state index in [2.05, 4.69) is 21.2 Å². The Bertz CT molecular complexity index is 1070. The lowest BCUT2D eigenvalue weighted by molar-refractivity contribution is -0.139. The minimum absolute atomic E-state index is 0.142. The summed E-state index contributed by atoms with van der Waals surface area (Å²) in [5.41, 5.74) is 1.88. The minimum Gasteiger partial charge on any atom is -0.495 e. The summed E-state index contributed by atoms with van der Waals surface area (Å²) in [6.07, 6.45) is 1.03. The number of ether oxygens (including phenoxy) is 1. The molecule has 0 saturated carbocycles. The van der Waals surface area contributed by atoms with E-state index in [1.54, 1.807) is 25.1 Å². The van der Waals surface area contributed by atoms with E-state index in [1.165, 1.54) is 19.1 Å². The molecule has 1 unspecified atom stereocenters. The van der Waals surface area contributed by atoms with Crippen LogP contribution in [-0.4, -0.2) is 58.1 Å². The molecule has 0 spiro atoms. The molecule has 2 rings (SSSR count). The molecule has 174 valence electrons. The molecule has 32 heavy (non-hydrogen) atoms. The Labute approximate surface area is 197 Å². The molecule has 0 heterocycles. The molecule has 8 nitrogen and oxygen atoms in total. The van der Waals surface area contributed by atoms with Gasteiger partial charge in [0, 0.05) is 18.1 Å². The zero-order valence-corrected chi connectivity index (χ0v) is 21.2. The van der Waals surface area contributed by atoms with Crippen LogP contribution in [0.5, 0.6) is 5.75 Å². The quantitative estimate of drug-likeness (QED) is 0.542. The summed E-state index contributed by atoms with van der Waals surface area (Å²) >= 11 is 3.37. The highest BCUT2D eigenvalue weighted by atomic mass is 79.9. The van der Waals surface area contributed by atoms with Crippen molar-refractivity contribution in [2.24, 2.45) is 0 Å². The van der Waals surface area contributed by atoms with Crippen LogP contribution in [0.4, 0.5) is 5.69 Å². The Balaban J connectivity index is 2.44. The van der Waals surface area contributed by atoms with E-state index < -0.39 is 28.5 Å². The number of carbonyl (C=O) groups excluding carboxylic acids is 2. The van der Waals surface area contributed by atoms with Gasteiger partial charge in [-0.05, 0) is 49.2 Å². The number of sulfonamides is 1. The number of benzene rings is 2. The van der Waals surface area contributed by atoms with Crippen LogP contribution in [-0.2, 0) is 26.2 Å². The topological polar surface area (TPSA) is 96.0 Å². The van der Waals surface area contributed by atoms with Crippen LogP contribution in [0, 0.1) is 6.92 Å². The Morgan fingerprint density at radius 2 is 1.78 bits per heavy atom. The first kappa shape index (κ1) is 25.7. The van der Waals surface area contributed by atoms with E-state index in [-0.39, 0.29) is 18.1 Å². The molecule has 0 saturated heterocycles. The van der Waals surface area contributed by atoms with E-state index in [0.717, 1.165) is 26.2 Å². The van der Waals surface area contributed by atoms with Crippen LogP contribution in [0.2, 0.25) is 0 Å². The maximum absolute atomic E-state index is 13.4. The van der Waals surface area contributed by atoms with Gasteiger partial charge in [0.2, 0.25) is 21.8 Å². The van der Waals surface area contributed by atoms with Crippen molar-refractivity contribution in [1.82, 2.24) is 10.2 Å². The minimum atomic E-state index is -3.83. The van der Waals surface area contributed by atoms with Gasteiger partial charge in [-0.15, -0.1) is 0 Å². The van der Waals surface area contributed by atoms with Gasteiger partial charge in [-0.1, -0.05) is 34.1 Å². The Morgan fingerprint density at radius 3 is 2.31 bits per heavy atom. The Kier molecular flexibility index (Phi) is 8.68. The van der Waals surface area contributed by atoms with Crippen molar-refractivity contribution in [3.8, 4) is 5.75 Å². The molecule has 0 aliphatic rings. The molecule has 0 fully saturated rings. The number of nitrogens with zero attached hydrogens (tertiary/aromatic N) is 2. The van der Waals surface area contributed by atoms with Crippen molar-refractivity contribution in [3.05, 3.63) is 58.1 Å². The number of hydrogen-bond donors (Lipinski definition) is 1. The van der Waals surface area contributed by atoms with Crippen molar-refractivity contribution >= 4 is 43.5 Å². The highest BCUT2D eigenvalue weighted by Crippen LogP contribution is 2.31. The predicted octanol–water partition coefficient (Wildman–Crippen LogP) is 2.70. The Hall–Kier alpha value is -2.59. The average Bonchev–Trinajstić information content (AvgIpc) is 2.75. The SMILES string of the molecule is CNC(=O)C(C)N(Cc1ccc(Br)cc1)C(=O)CN(c1cc(C)ccc1OC)S(C)(=O)=O. The molecule has 2 amide bonds. The summed E-state index contributed by atoms with van der Waals surface area (Å²) in [6.45, 7) is 3.09. The van der Waals surface area contributed by atoms with Crippen LogP contribution in [0.25, 0.3) is 0 Å². The number of aryl methyl sites for hydroxylation is 1. The molecule has 10 heteroatoms. The van der Waals surface area contributed by atoms with Crippen molar-refractivity contribution in [1.29, 1.82) is 0 Å². The fourth-order valence-corrected chi connectivity index (χ4v) is 4.28. The largest absolute Gasteiger partial charge is 0.495 e. The van der Waals surface area contributed by atoms with Crippen LogP contribution >= 0.6 is 15.9 Å². The van der Waals surface area contributed by atoms with Gasteiger partial charge in [-0.2, -0.15) is 0 Å². The van der Waals surface area contributed by atoms with E-state index in [4.69, 9.17) is 4.74 Å². The molecule has 0 aliphatic carbocycles. The number of halogens is 1. The van der Waals surface area contributed by atoms with Gasteiger partial charge in [0.05, 0.1) is 19.1 Å². The zero-order chi connectivity index (χ0) is 24.1. The number of methoxy groups -OCH3 is 1. The number of rotatable bonds is 9. The number of amides is 2. The third-order valence-electron chi connectivity index (χ3n) is 4.96. The van der Waals surface area contributed by atoms with Gasteiger partial charge in [0.15, 0.2) is 0 Å². The maximum Gasteiger partial charge on any atom is 0.244 e. The second kappa shape index (κ2) is 10.8. The predicted molar refractivity (Wildman–Crippen MR) is 128 cm³/mol. The molecule has 0 aromatic heterocycles. The van der Waals surface area contributed by atoms with Crippen molar-refractivity contribution in [2.45, 2.75) is 26.4 Å². The van der Waals surface area contributed by atoms with Crippen LogP contribution in [0.3, 0.4) is 0 Å². The summed E-state index contributed by atoms with van der Waals surface area (Å²) in [6, 6.07) is 11.6. The summed E-state index contributed by atoms with van der Waals surface area (Å²) < 4.78 is 32.5. The monoisotopic (exact) mass is 525 g/mol. The van der Waals surface area contributed by atoms with Gasteiger partial charge >= 0.3 is 0 Å². The fourth-order valence-electron chi connectivity index (χ4n) is 3.17. The second-order valence-corrected chi connectivity index (χ2v) is 10.2. The molecule has 2 aromatic carbocycles. The highest BCUT2D eigenvalue weighted by molar-refractivity contribution is 9.10. The summed E-state index contributed by atoms with van der Waals surface area (Å²) in [5, 5.41) is 2.54. The molecular weight excluding hydrogens is 498 g/mol. The smallest absolute Gasteiger partial charge is 0.244 e. The van der Waals surface area contributed by atoms with Gasteiger partial charge in [0.1, 0.15) is 18.3 Å². The number of anilines is 1. The first-order valence-corrected chi connectivity index (χ1v) is 12.5. The average molecular weight is 526 g/mol. The summed E-state index contributed by atoms with van der Waals surface area (Å²) in [5.74, 6) is -0.542. The second-order valence-electron chi connectivity index (χ2n) is 7.38. The van der Waals surface area contributed by atoms with Crippen LogP contribution in [0.15, 0.2) is 46.9 Å². The number of nitrogens with one attached hydrogen (secondary N) is 1. The van der Waals surface area contributed by atoms with Crippen molar-refractivity contribution in [3.63, 3.8) is 0 Å². The zero-order valence-electron chi connectivity index (χ0n) is 18.8. The van der Waals surface area contributed by atoms with E-state index >= 15 is 0 Å². The van der Waals surface area contributed by atoms with Gasteiger partial charge < -0.3 is 15.0 Å². The van der Waals surface area contributed by atoms with E-state index in [0.29, 0.717) is 5.75 Å². The van der Waals surface area contributed by atoms with Crippen molar-refractivity contribution in [2.75, 3.05) is 31.3 Å². The first-order valence-electron chi connectivity index (χ1n) is 9.85. The van der Waals surface area contributed by atoms with E-state index in [1.807, 2.05) is 31.2 Å². The standard InChI is InChI=1S/C22H28BrN3O5S/c1-15-6-11-20(31-4)19(12-15)26(32(5,29)30)14-21(27)25(16(2)22(28)24-3)13-17-7-9-18(23)10-8-17/h6-12,16H,13-14H2,1-5H3,(H,24,28). The molecule has 1 atom stereocenters. The van der Waals surface area contributed by atoms with E-state index in [9.17, 15) is 18.0 Å².